The maximum absolute atomic E-state index is 12.6. The highest BCUT2D eigenvalue weighted by molar-refractivity contribution is 7.92. The van der Waals surface area contributed by atoms with E-state index in [1.165, 1.54) is 5.56 Å². The van der Waals surface area contributed by atoms with Gasteiger partial charge in [-0.2, -0.15) is 5.10 Å². The van der Waals surface area contributed by atoms with Crippen LogP contribution in [0, 0.1) is 13.8 Å². The lowest BCUT2D eigenvalue weighted by Crippen LogP contribution is -2.17. The molecule has 0 saturated heterocycles. The fourth-order valence-corrected chi connectivity index (χ4v) is 4.31. The van der Waals surface area contributed by atoms with E-state index in [0.717, 1.165) is 12.2 Å². The molecule has 0 unspecified atom stereocenters. The second-order valence-corrected chi connectivity index (χ2v) is 7.88. The molecule has 2 N–H and O–H groups in total. The molecule has 2 aromatic carbocycles. The van der Waals surface area contributed by atoms with Gasteiger partial charge in [0, 0.05) is 25.0 Å². The van der Waals surface area contributed by atoms with Crippen LogP contribution in [0.3, 0.4) is 0 Å². The van der Waals surface area contributed by atoms with Crippen LogP contribution < -0.4 is 9.62 Å². The highest BCUT2D eigenvalue weighted by Crippen LogP contribution is 2.23. The molecule has 0 radical (unpaired) electrons. The van der Waals surface area contributed by atoms with Gasteiger partial charge in [0.25, 0.3) is 10.0 Å². The van der Waals surface area contributed by atoms with Crippen LogP contribution in [0.1, 0.15) is 17.0 Å². The molecule has 6 nitrogen and oxygen atoms in total. The van der Waals surface area contributed by atoms with Crippen LogP contribution in [0.4, 0.5) is 11.4 Å². The molecule has 0 amide bonds. The number of nitrogens with one attached hydrogen (secondary N) is 2. The normalized spacial score (nSPS) is 11.3. The van der Waals surface area contributed by atoms with Crippen LogP contribution in [0.25, 0.3) is 0 Å². The zero-order chi connectivity index (χ0) is 18.7. The number of hydrogen-bond acceptors (Lipinski definition) is 4. The lowest BCUT2D eigenvalue weighted by molar-refractivity contribution is 0.600. The average molecular weight is 370 g/mol. The number of rotatable bonds is 6. The number of aromatic nitrogens is 2. The maximum atomic E-state index is 12.6. The van der Waals surface area contributed by atoms with Gasteiger partial charge in [-0.3, -0.25) is 9.82 Å². The third kappa shape index (κ3) is 3.88. The molecule has 7 heteroatoms. The molecule has 0 aliphatic carbocycles. The van der Waals surface area contributed by atoms with Crippen molar-refractivity contribution in [3.05, 3.63) is 71.5 Å². The molecule has 3 rings (SSSR count). The number of H-pyrrole nitrogens is 1. The first kappa shape index (κ1) is 18.0. The first-order chi connectivity index (χ1) is 12.4. The minimum Gasteiger partial charge on any atom is -0.370 e. The number of sulfonamides is 1. The van der Waals surface area contributed by atoms with Gasteiger partial charge in [0.15, 0.2) is 0 Å². The van der Waals surface area contributed by atoms with Crippen LogP contribution in [-0.2, 0) is 16.6 Å². The predicted octanol–water partition coefficient (Wildman–Crippen LogP) is 3.46. The topological polar surface area (TPSA) is 78.1 Å². The van der Waals surface area contributed by atoms with E-state index in [0.29, 0.717) is 17.1 Å². The van der Waals surface area contributed by atoms with E-state index in [1.54, 1.807) is 26.0 Å². The molecule has 1 aromatic heterocycles. The molecule has 0 spiro atoms. The number of anilines is 2. The molecule has 1 heterocycles. The van der Waals surface area contributed by atoms with Crippen molar-refractivity contribution >= 4 is 21.4 Å². The van der Waals surface area contributed by atoms with Crippen molar-refractivity contribution in [2.24, 2.45) is 0 Å². The molecule has 0 aliphatic heterocycles. The third-order valence-electron chi connectivity index (χ3n) is 4.15. The van der Waals surface area contributed by atoms with Crippen LogP contribution in [0.2, 0.25) is 0 Å². The van der Waals surface area contributed by atoms with Gasteiger partial charge in [0.1, 0.15) is 4.90 Å². The summed E-state index contributed by atoms with van der Waals surface area (Å²) in [6.07, 6.45) is 0. The van der Waals surface area contributed by atoms with E-state index in [4.69, 9.17) is 0 Å². The van der Waals surface area contributed by atoms with Gasteiger partial charge in [-0.05, 0) is 43.7 Å². The van der Waals surface area contributed by atoms with Gasteiger partial charge in [-0.1, -0.05) is 30.3 Å². The Morgan fingerprint density at radius 1 is 1.04 bits per heavy atom. The molecule has 26 heavy (non-hydrogen) atoms. The second-order valence-electron chi connectivity index (χ2n) is 6.26. The SMILES string of the molecule is Cc1n[nH]c(C)c1S(=O)(=O)Nc1ccc(N(C)Cc2ccccc2)cc1. The molecule has 0 fully saturated rings. The summed E-state index contributed by atoms with van der Waals surface area (Å²) in [6.45, 7) is 4.13. The summed E-state index contributed by atoms with van der Waals surface area (Å²) in [4.78, 5) is 2.31. The predicted molar refractivity (Wildman–Crippen MR) is 104 cm³/mol. The van der Waals surface area contributed by atoms with Crippen molar-refractivity contribution in [3.8, 4) is 0 Å². The van der Waals surface area contributed by atoms with E-state index >= 15 is 0 Å². The van der Waals surface area contributed by atoms with Crippen LogP contribution in [0.15, 0.2) is 59.5 Å². The quantitative estimate of drug-likeness (QED) is 0.696. The molecular formula is C19H22N4O2S. The van der Waals surface area contributed by atoms with E-state index < -0.39 is 10.0 Å². The first-order valence-electron chi connectivity index (χ1n) is 8.26. The second kappa shape index (κ2) is 7.21. The highest BCUT2D eigenvalue weighted by atomic mass is 32.2. The van der Waals surface area contributed by atoms with E-state index in [1.807, 2.05) is 37.4 Å². The highest BCUT2D eigenvalue weighted by Gasteiger charge is 2.22. The Labute approximate surface area is 153 Å². The number of aromatic amines is 1. The van der Waals surface area contributed by atoms with Crippen molar-refractivity contribution < 1.29 is 8.42 Å². The molecule has 0 aliphatic rings. The van der Waals surface area contributed by atoms with Crippen LogP contribution in [0.5, 0.6) is 0 Å². The minimum atomic E-state index is -3.67. The smallest absolute Gasteiger partial charge is 0.265 e. The van der Waals surface area contributed by atoms with Gasteiger partial charge in [-0.15, -0.1) is 0 Å². The first-order valence-corrected chi connectivity index (χ1v) is 9.74. The molecule has 0 bridgehead atoms. The van der Waals surface area contributed by atoms with Gasteiger partial charge in [0.05, 0.1) is 11.4 Å². The van der Waals surface area contributed by atoms with E-state index in [-0.39, 0.29) is 4.90 Å². The van der Waals surface area contributed by atoms with Gasteiger partial charge in [0.2, 0.25) is 0 Å². The summed E-state index contributed by atoms with van der Waals surface area (Å²) in [5.74, 6) is 0. The number of aryl methyl sites for hydroxylation is 2. The summed E-state index contributed by atoms with van der Waals surface area (Å²) in [6, 6.07) is 17.5. The number of nitrogens with zero attached hydrogens (tertiary/aromatic N) is 2. The summed E-state index contributed by atoms with van der Waals surface area (Å²) in [5, 5.41) is 6.65. The number of benzene rings is 2. The fourth-order valence-electron chi connectivity index (χ4n) is 2.88. The van der Waals surface area contributed by atoms with Gasteiger partial charge in [-0.25, -0.2) is 8.42 Å². The standard InChI is InChI=1S/C19H22N4O2S/c1-14-19(15(2)21-20-14)26(24,25)22-17-9-11-18(12-10-17)23(3)13-16-7-5-4-6-8-16/h4-12,22H,13H2,1-3H3,(H,20,21). The molecular weight excluding hydrogens is 348 g/mol. The van der Waals surface area contributed by atoms with E-state index in [2.05, 4.69) is 32.0 Å². The average Bonchev–Trinajstić information content (AvgIpc) is 2.95. The Kier molecular flexibility index (Phi) is 4.99. The van der Waals surface area contributed by atoms with Crippen LogP contribution >= 0.6 is 0 Å². The molecule has 136 valence electrons. The van der Waals surface area contributed by atoms with Crippen molar-refractivity contribution in [2.75, 3.05) is 16.7 Å². The minimum absolute atomic E-state index is 0.197. The Balaban J connectivity index is 1.73. The summed E-state index contributed by atoms with van der Waals surface area (Å²) in [7, 11) is -1.67. The summed E-state index contributed by atoms with van der Waals surface area (Å²) in [5.41, 5.74) is 3.71. The Hall–Kier alpha value is -2.80. The zero-order valence-corrected chi connectivity index (χ0v) is 15.8. The van der Waals surface area contributed by atoms with Gasteiger partial charge < -0.3 is 4.90 Å². The van der Waals surface area contributed by atoms with Crippen molar-refractivity contribution in [1.29, 1.82) is 0 Å². The lowest BCUT2D eigenvalue weighted by atomic mass is 10.2. The fraction of sp³-hybridized carbons (Fsp3) is 0.211. The summed E-state index contributed by atoms with van der Waals surface area (Å²) < 4.78 is 27.8. The van der Waals surface area contributed by atoms with Crippen molar-refractivity contribution in [2.45, 2.75) is 25.3 Å². The Morgan fingerprint density at radius 2 is 1.69 bits per heavy atom. The molecule has 0 saturated carbocycles. The Bertz CT molecular complexity index is 961. The molecule has 0 atom stereocenters. The van der Waals surface area contributed by atoms with Gasteiger partial charge >= 0.3 is 0 Å². The van der Waals surface area contributed by atoms with Crippen molar-refractivity contribution in [1.82, 2.24) is 10.2 Å². The monoisotopic (exact) mass is 370 g/mol. The Morgan fingerprint density at radius 3 is 2.27 bits per heavy atom. The zero-order valence-electron chi connectivity index (χ0n) is 15.0. The third-order valence-corrected chi connectivity index (χ3v) is 5.80. The van der Waals surface area contributed by atoms with Crippen LogP contribution in [-0.4, -0.2) is 25.7 Å². The number of hydrogen-bond donors (Lipinski definition) is 2. The summed E-state index contributed by atoms with van der Waals surface area (Å²) >= 11 is 0. The molecule has 3 aromatic rings. The maximum Gasteiger partial charge on any atom is 0.265 e. The van der Waals surface area contributed by atoms with E-state index in [9.17, 15) is 8.42 Å². The largest absolute Gasteiger partial charge is 0.370 e. The lowest BCUT2D eigenvalue weighted by Gasteiger charge is -2.20. The van der Waals surface area contributed by atoms with Crippen molar-refractivity contribution in [3.63, 3.8) is 0 Å².